The Hall–Kier alpha value is -2.61. The highest BCUT2D eigenvalue weighted by Gasteiger charge is 2.32. The predicted molar refractivity (Wildman–Crippen MR) is 138 cm³/mol. The van der Waals surface area contributed by atoms with Crippen molar-refractivity contribution >= 4 is 33.4 Å². The molecule has 1 aliphatic rings. The Balaban J connectivity index is 1.35. The van der Waals surface area contributed by atoms with E-state index in [1.165, 1.54) is 4.31 Å². The number of hydrogen-bond acceptors (Lipinski definition) is 4. The van der Waals surface area contributed by atoms with E-state index in [4.69, 9.17) is 0 Å². The van der Waals surface area contributed by atoms with Crippen molar-refractivity contribution in [3.8, 4) is 0 Å². The summed E-state index contributed by atoms with van der Waals surface area (Å²) in [5, 5.41) is 3.06. The summed E-state index contributed by atoms with van der Waals surface area (Å²) in [4.78, 5) is 15.2. The normalized spacial score (nSPS) is 16.8. The first-order chi connectivity index (χ1) is 16.5. The number of carbonyl (C=O) groups is 1. The predicted octanol–water partition coefficient (Wildman–Crippen LogP) is 5.45. The second-order valence-electron chi connectivity index (χ2n) is 8.50. The summed E-state index contributed by atoms with van der Waals surface area (Å²) in [5.74, 6) is -0.370. The van der Waals surface area contributed by atoms with Crippen molar-refractivity contribution in [2.24, 2.45) is 5.92 Å². The Morgan fingerprint density at radius 2 is 1.62 bits per heavy atom. The molecule has 3 aromatic rings. The van der Waals surface area contributed by atoms with Gasteiger partial charge in [-0.15, -0.1) is 0 Å². The third-order valence-electron chi connectivity index (χ3n) is 5.97. The third-order valence-corrected chi connectivity index (χ3v) is 8.98. The van der Waals surface area contributed by atoms with Crippen molar-refractivity contribution in [3.05, 3.63) is 90.5 Å². The molecule has 0 aliphatic carbocycles. The molecule has 1 atom stereocenters. The smallest absolute Gasteiger partial charge is 0.228 e. The largest absolute Gasteiger partial charge is 0.325 e. The van der Waals surface area contributed by atoms with Crippen LogP contribution in [0.25, 0.3) is 0 Å². The number of para-hydroxylation sites is 1. The van der Waals surface area contributed by atoms with Crippen molar-refractivity contribution in [2.75, 3.05) is 24.2 Å². The molecule has 0 aromatic heterocycles. The molecule has 1 N–H and O–H groups in total. The molecule has 0 radical (unpaired) electrons. The minimum atomic E-state index is -3.39. The van der Waals surface area contributed by atoms with Crippen LogP contribution in [0, 0.1) is 5.92 Å². The minimum Gasteiger partial charge on any atom is -0.325 e. The molecule has 0 bridgehead atoms. The average molecular weight is 495 g/mol. The van der Waals surface area contributed by atoms with Crippen LogP contribution in [0.2, 0.25) is 0 Å². The van der Waals surface area contributed by atoms with Crippen molar-refractivity contribution in [1.29, 1.82) is 0 Å². The number of rotatable bonds is 9. The van der Waals surface area contributed by atoms with Crippen LogP contribution in [0.3, 0.4) is 0 Å². The van der Waals surface area contributed by atoms with E-state index in [1.807, 2.05) is 84.9 Å². The Kier molecular flexibility index (Phi) is 8.43. The molecule has 1 heterocycles. The molecular formula is C27H30N2O3S2. The van der Waals surface area contributed by atoms with Gasteiger partial charge in [0.2, 0.25) is 15.9 Å². The number of sulfonamides is 1. The molecule has 34 heavy (non-hydrogen) atoms. The minimum absolute atomic E-state index is 0.104. The standard InChI is InChI=1S/C27H30N2O3S2/c30-27(28-25-17-7-8-18-26(25)33-24-15-5-2-6-16-24)23-14-9-19-29(21-23)34(31,32)20-10-13-22-11-3-1-4-12-22/h1-8,11-12,15-18,23H,9-10,13-14,19-21H2,(H,28,30)/t23-/m1/s1. The van der Waals surface area contributed by atoms with Gasteiger partial charge in [-0.2, -0.15) is 0 Å². The molecule has 7 heteroatoms. The van der Waals surface area contributed by atoms with E-state index in [0.717, 1.165) is 27.5 Å². The van der Waals surface area contributed by atoms with Gasteiger partial charge in [0.05, 0.1) is 17.4 Å². The highest BCUT2D eigenvalue weighted by Crippen LogP contribution is 2.33. The quantitative estimate of drug-likeness (QED) is 0.430. The number of aryl methyl sites for hydroxylation is 1. The fourth-order valence-electron chi connectivity index (χ4n) is 4.15. The molecule has 1 amide bonds. The molecular weight excluding hydrogens is 464 g/mol. The first-order valence-electron chi connectivity index (χ1n) is 11.7. The van der Waals surface area contributed by atoms with E-state index >= 15 is 0 Å². The Bertz CT molecular complexity index is 1180. The lowest BCUT2D eigenvalue weighted by atomic mass is 9.99. The summed E-state index contributed by atoms with van der Waals surface area (Å²) >= 11 is 1.59. The molecule has 4 rings (SSSR count). The van der Waals surface area contributed by atoms with Gasteiger partial charge in [-0.05, 0) is 55.5 Å². The molecule has 0 unspecified atom stereocenters. The second-order valence-corrected chi connectivity index (χ2v) is 11.7. The van der Waals surface area contributed by atoms with Gasteiger partial charge in [0, 0.05) is 22.9 Å². The molecule has 1 aliphatic heterocycles. The molecule has 178 valence electrons. The number of piperidine rings is 1. The maximum Gasteiger partial charge on any atom is 0.228 e. The highest BCUT2D eigenvalue weighted by atomic mass is 32.2. The van der Waals surface area contributed by atoms with Gasteiger partial charge in [-0.1, -0.05) is 72.4 Å². The summed E-state index contributed by atoms with van der Waals surface area (Å²) in [7, 11) is -3.39. The van der Waals surface area contributed by atoms with Gasteiger partial charge < -0.3 is 5.32 Å². The Morgan fingerprint density at radius 3 is 2.38 bits per heavy atom. The fraction of sp³-hybridized carbons (Fsp3) is 0.296. The van der Waals surface area contributed by atoms with E-state index < -0.39 is 10.0 Å². The number of carbonyl (C=O) groups excluding carboxylic acids is 1. The maximum atomic E-state index is 13.1. The van der Waals surface area contributed by atoms with Gasteiger partial charge in [0.25, 0.3) is 0 Å². The maximum absolute atomic E-state index is 13.1. The number of benzene rings is 3. The summed E-state index contributed by atoms with van der Waals surface area (Å²) < 4.78 is 27.4. The first kappa shape index (κ1) is 24.5. The average Bonchev–Trinajstić information content (AvgIpc) is 2.86. The van der Waals surface area contributed by atoms with Crippen molar-refractivity contribution in [3.63, 3.8) is 0 Å². The van der Waals surface area contributed by atoms with Crippen molar-refractivity contribution in [2.45, 2.75) is 35.5 Å². The number of anilines is 1. The zero-order valence-corrected chi connectivity index (χ0v) is 20.7. The van der Waals surface area contributed by atoms with Gasteiger partial charge in [0.15, 0.2) is 0 Å². The van der Waals surface area contributed by atoms with Gasteiger partial charge in [-0.25, -0.2) is 12.7 Å². The number of hydrogen-bond donors (Lipinski definition) is 1. The van der Waals surface area contributed by atoms with Crippen LogP contribution in [-0.2, 0) is 21.2 Å². The van der Waals surface area contributed by atoms with Crippen LogP contribution in [0.1, 0.15) is 24.8 Å². The summed E-state index contributed by atoms with van der Waals surface area (Å²) in [6, 6.07) is 27.7. The topological polar surface area (TPSA) is 66.5 Å². The van der Waals surface area contributed by atoms with Crippen LogP contribution in [0.15, 0.2) is 94.7 Å². The number of nitrogens with zero attached hydrogens (tertiary/aromatic N) is 1. The van der Waals surface area contributed by atoms with Crippen LogP contribution < -0.4 is 5.32 Å². The van der Waals surface area contributed by atoms with E-state index in [9.17, 15) is 13.2 Å². The molecule has 1 fully saturated rings. The van der Waals surface area contributed by atoms with Crippen LogP contribution in [0.5, 0.6) is 0 Å². The Morgan fingerprint density at radius 1 is 0.941 bits per heavy atom. The van der Waals surface area contributed by atoms with E-state index in [0.29, 0.717) is 25.8 Å². The summed E-state index contributed by atoms with van der Waals surface area (Å²) in [6.45, 7) is 0.728. The van der Waals surface area contributed by atoms with Crippen LogP contribution >= 0.6 is 11.8 Å². The SMILES string of the molecule is O=C(Nc1ccccc1Sc1ccccc1)[C@@H]1CCCN(S(=O)(=O)CCCc2ccccc2)C1. The lowest BCUT2D eigenvalue weighted by Gasteiger charge is -2.31. The lowest BCUT2D eigenvalue weighted by molar-refractivity contribution is -0.120. The molecule has 5 nitrogen and oxygen atoms in total. The van der Waals surface area contributed by atoms with E-state index in [-0.39, 0.29) is 24.1 Å². The van der Waals surface area contributed by atoms with Gasteiger partial charge in [0.1, 0.15) is 0 Å². The zero-order chi connectivity index (χ0) is 23.8. The van der Waals surface area contributed by atoms with Crippen LogP contribution in [0.4, 0.5) is 5.69 Å². The highest BCUT2D eigenvalue weighted by molar-refractivity contribution is 7.99. The lowest BCUT2D eigenvalue weighted by Crippen LogP contribution is -2.44. The van der Waals surface area contributed by atoms with Crippen molar-refractivity contribution < 1.29 is 13.2 Å². The monoisotopic (exact) mass is 494 g/mol. The van der Waals surface area contributed by atoms with E-state index in [1.54, 1.807) is 11.8 Å². The molecule has 1 saturated heterocycles. The van der Waals surface area contributed by atoms with E-state index in [2.05, 4.69) is 5.32 Å². The summed E-state index contributed by atoms with van der Waals surface area (Å²) in [6.07, 6.45) is 2.68. The molecule has 0 saturated carbocycles. The summed E-state index contributed by atoms with van der Waals surface area (Å²) in [5.41, 5.74) is 1.89. The number of nitrogens with one attached hydrogen (secondary N) is 1. The molecule has 3 aromatic carbocycles. The van der Waals surface area contributed by atoms with Crippen LogP contribution in [-0.4, -0.2) is 37.5 Å². The molecule has 0 spiro atoms. The Labute approximate surface area is 206 Å². The van der Waals surface area contributed by atoms with Gasteiger partial charge >= 0.3 is 0 Å². The van der Waals surface area contributed by atoms with Gasteiger partial charge in [-0.3, -0.25) is 4.79 Å². The second kappa shape index (κ2) is 11.7. The van der Waals surface area contributed by atoms with Crippen molar-refractivity contribution in [1.82, 2.24) is 4.31 Å². The third kappa shape index (κ3) is 6.72. The first-order valence-corrected chi connectivity index (χ1v) is 14.1. The zero-order valence-electron chi connectivity index (χ0n) is 19.1. The number of amides is 1. The fourth-order valence-corrected chi connectivity index (χ4v) is 6.66.